The number of halogens is 1. The summed E-state index contributed by atoms with van der Waals surface area (Å²) in [5.74, 6) is 1.24. The number of hydrogen-bond donors (Lipinski definition) is 1. The number of hydrogen-bond acceptors (Lipinski definition) is 4. The standard InChI is InChI=1S/C20H25ClN2O3S2/c1-3-16-6-10-19(11-7-16)23(28(2,25)26)14-20(24)22-12-13-27-15-17-4-8-18(21)9-5-17/h4-11H,3,12-15H2,1-2H3,(H,22,24). The van der Waals surface area contributed by atoms with Crippen molar-refractivity contribution in [2.45, 2.75) is 19.1 Å². The molecule has 152 valence electrons. The minimum Gasteiger partial charge on any atom is -0.354 e. The summed E-state index contributed by atoms with van der Waals surface area (Å²) < 4.78 is 25.4. The van der Waals surface area contributed by atoms with Crippen LogP contribution in [-0.2, 0) is 27.0 Å². The Morgan fingerprint density at radius 1 is 1.07 bits per heavy atom. The van der Waals surface area contributed by atoms with E-state index in [4.69, 9.17) is 11.6 Å². The molecule has 0 radical (unpaired) electrons. The Morgan fingerprint density at radius 3 is 2.25 bits per heavy atom. The predicted octanol–water partition coefficient (Wildman–Crippen LogP) is 3.72. The SMILES string of the molecule is CCc1ccc(N(CC(=O)NCCSCc2ccc(Cl)cc2)S(C)(=O)=O)cc1. The summed E-state index contributed by atoms with van der Waals surface area (Å²) in [6.07, 6.45) is 1.98. The molecule has 0 saturated carbocycles. The van der Waals surface area contributed by atoms with E-state index < -0.39 is 10.0 Å². The van der Waals surface area contributed by atoms with Crippen LogP contribution in [-0.4, -0.2) is 39.4 Å². The lowest BCUT2D eigenvalue weighted by Crippen LogP contribution is -2.41. The first kappa shape index (κ1) is 22.6. The zero-order chi connectivity index (χ0) is 20.6. The third-order valence-corrected chi connectivity index (χ3v) is 6.49. The summed E-state index contributed by atoms with van der Waals surface area (Å²) in [5.41, 5.74) is 2.77. The Bertz CT molecular complexity index is 869. The van der Waals surface area contributed by atoms with Crippen molar-refractivity contribution in [3.8, 4) is 0 Å². The van der Waals surface area contributed by atoms with Gasteiger partial charge in [0.1, 0.15) is 6.54 Å². The number of nitrogens with one attached hydrogen (secondary N) is 1. The fraction of sp³-hybridized carbons (Fsp3) is 0.350. The van der Waals surface area contributed by atoms with E-state index in [9.17, 15) is 13.2 Å². The summed E-state index contributed by atoms with van der Waals surface area (Å²) in [7, 11) is -3.55. The summed E-state index contributed by atoms with van der Waals surface area (Å²) in [5, 5.41) is 3.49. The molecule has 0 bridgehead atoms. The number of amides is 1. The van der Waals surface area contributed by atoms with Gasteiger partial charge in [-0.25, -0.2) is 8.42 Å². The van der Waals surface area contributed by atoms with Crippen molar-refractivity contribution in [2.24, 2.45) is 0 Å². The topological polar surface area (TPSA) is 66.5 Å². The largest absolute Gasteiger partial charge is 0.354 e. The van der Waals surface area contributed by atoms with E-state index >= 15 is 0 Å². The van der Waals surface area contributed by atoms with Crippen molar-refractivity contribution in [2.75, 3.05) is 29.4 Å². The van der Waals surface area contributed by atoms with Gasteiger partial charge in [-0.3, -0.25) is 9.10 Å². The lowest BCUT2D eigenvalue weighted by Gasteiger charge is -2.22. The van der Waals surface area contributed by atoms with Crippen LogP contribution in [0.4, 0.5) is 5.69 Å². The third kappa shape index (κ3) is 7.37. The molecule has 0 aromatic heterocycles. The van der Waals surface area contributed by atoms with Crippen LogP contribution in [0.2, 0.25) is 5.02 Å². The maximum Gasteiger partial charge on any atom is 0.240 e. The lowest BCUT2D eigenvalue weighted by molar-refractivity contribution is -0.119. The van der Waals surface area contributed by atoms with E-state index in [-0.39, 0.29) is 12.5 Å². The maximum absolute atomic E-state index is 12.2. The van der Waals surface area contributed by atoms with Crippen molar-refractivity contribution in [1.29, 1.82) is 0 Å². The molecule has 2 aromatic rings. The molecule has 5 nitrogen and oxygen atoms in total. The zero-order valence-electron chi connectivity index (χ0n) is 16.0. The number of aryl methyl sites for hydroxylation is 1. The monoisotopic (exact) mass is 440 g/mol. The molecule has 0 aliphatic rings. The molecule has 0 aliphatic carbocycles. The fourth-order valence-electron chi connectivity index (χ4n) is 2.52. The highest BCUT2D eigenvalue weighted by Crippen LogP contribution is 2.18. The Morgan fingerprint density at radius 2 is 1.68 bits per heavy atom. The summed E-state index contributed by atoms with van der Waals surface area (Å²) in [6, 6.07) is 14.9. The first-order valence-corrected chi connectivity index (χ1v) is 12.3. The highest BCUT2D eigenvalue weighted by Gasteiger charge is 2.20. The van der Waals surface area contributed by atoms with Gasteiger partial charge < -0.3 is 5.32 Å². The van der Waals surface area contributed by atoms with Gasteiger partial charge in [-0.2, -0.15) is 11.8 Å². The number of rotatable bonds is 10. The van der Waals surface area contributed by atoms with E-state index in [2.05, 4.69) is 5.32 Å². The number of benzene rings is 2. The van der Waals surface area contributed by atoms with Gasteiger partial charge in [-0.05, 0) is 41.8 Å². The molecule has 0 fully saturated rings. The van der Waals surface area contributed by atoms with E-state index in [1.807, 2.05) is 43.3 Å². The summed E-state index contributed by atoms with van der Waals surface area (Å²) >= 11 is 7.55. The van der Waals surface area contributed by atoms with Crippen LogP contribution in [0.25, 0.3) is 0 Å². The van der Waals surface area contributed by atoms with Gasteiger partial charge in [0.05, 0.1) is 11.9 Å². The minimum atomic E-state index is -3.55. The molecule has 1 amide bonds. The molecule has 8 heteroatoms. The van der Waals surface area contributed by atoms with Crippen LogP contribution in [0.3, 0.4) is 0 Å². The van der Waals surface area contributed by atoms with Crippen LogP contribution >= 0.6 is 23.4 Å². The van der Waals surface area contributed by atoms with E-state index in [0.717, 1.165) is 34.1 Å². The average molecular weight is 441 g/mol. The van der Waals surface area contributed by atoms with Crippen molar-refractivity contribution < 1.29 is 13.2 Å². The van der Waals surface area contributed by atoms with Gasteiger partial charge in [0.25, 0.3) is 0 Å². The smallest absolute Gasteiger partial charge is 0.240 e. The molecule has 0 spiro atoms. The quantitative estimate of drug-likeness (QED) is 0.572. The molecule has 2 aromatic carbocycles. The van der Waals surface area contributed by atoms with E-state index in [1.54, 1.807) is 23.9 Å². The molecular weight excluding hydrogens is 416 g/mol. The second kappa shape index (κ2) is 10.7. The second-order valence-corrected chi connectivity index (χ2v) is 9.77. The molecule has 0 aliphatic heterocycles. The molecule has 0 atom stereocenters. The van der Waals surface area contributed by atoms with Gasteiger partial charge in [-0.1, -0.05) is 42.8 Å². The highest BCUT2D eigenvalue weighted by atomic mass is 35.5. The van der Waals surface area contributed by atoms with Crippen LogP contribution in [0.1, 0.15) is 18.1 Å². The Balaban J connectivity index is 1.82. The first-order chi connectivity index (χ1) is 13.3. The van der Waals surface area contributed by atoms with Gasteiger partial charge in [0, 0.05) is 23.1 Å². The normalized spacial score (nSPS) is 11.2. The molecule has 0 unspecified atom stereocenters. The number of sulfonamides is 1. The molecule has 0 heterocycles. The second-order valence-electron chi connectivity index (χ2n) is 6.32. The zero-order valence-corrected chi connectivity index (χ0v) is 18.4. The maximum atomic E-state index is 12.2. The number of nitrogens with zero attached hydrogens (tertiary/aromatic N) is 1. The number of carbonyl (C=O) groups excluding carboxylic acids is 1. The van der Waals surface area contributed by atoms with Crippen LogP contribution < -0.4 is 9.62 Å². The highest BCUT2D eigenvalue weighted by molar-refractivity contribution is 7.98. The van der Waals surface area contributed by atoms with Gasteiger partial charge in [0.15, 0.2) is 0 Å². The predicted molar refractivity (Wildman–Crippen MR) is 119 cm³/mol. The van der Waals surface area contributed by atoms with Crippen LogP contribution in [0.15, 0.2) is 48.5 Å². The molecule has 0 saturated heterocycles. The summed E-state index contributed by atoms with van der Waals surface area (Å²) in [6.45, 7) is 2.28. The van der Waals surface area contributed by atoms with E-state index in [0.29, 0.717) is 17.3 Å². The van der Waals surface area contributed by atoms with E-state index in [1.165, 1.54) is 5.56 Å². The van der Waals surface area contributed by atoms with Crippen molar-refractivity contribution in [3.05, 3.63) is 64.7 Å². The third-order valence-electron chi connectivity index (χ3n) is 4.07. The van der Waals surface area contributed by atoms with Crippen LogP contribution in [0, 0.1) is 0 Å². The Labute approximate surface area is 176 Å². The Hall–Kier alpha value is -1.70. The summed E-state index contributed by atoms with van der Waals surface area (Å²) in [4.78, 5) is 12.2. The van der Waals surface area contributed by atoms with Crippen molar-refractivity contribution >= 4 is 45.0 Å². The lowest BCUT2D eigenvalue weighted by atomic mass is 10.1. The van der Waals surface area contributed by atoms with Crippen molar-refractivity contribution in [1.82, 2.24) is 5.32 Å². The van der Waals surface area contributed by atoms with Gasteiger partial charge >= 0.3 is 0 Å². The first-order valence-electron chi connectivity index (χ1n) is 8.95. The minimum absolute atomic E-state index is 0.230. The average Bonchev–Trinajstić information content (AvgIpc) is 2.66. The number of thioether (sulfide) groups is 1. The number of anilines is 1. The molecular formula is C20H25ClN2O3S2. The van der Waals surface area contributed by atoms with Gasteiger partial charge in [0.2, 0.25) is 15.9 Å². The number of carbonyl (C=O) groups is 1. The molecule has 2 rings (SSSR count). The Kier molecular flexibility index (Phi) is 8.66. The fourth-order valence-corrected chi connectivity index (χ4v) is 4.32. The molecule has 28 heavy (non-hydrogen) atoms. The van der Waals surface area contributed by atoms with Gasteiger partial charge in [-0.15, -0.1) is 0 Å². The molecule has 1 N–H and O–H groups in total. The van der Waals surface area contributed by atoms with Crippen molar-refractivity contribution in [3.63, 3.8) is 0 Å². The van der Waals surface area contributed by atoms with Crippen LogP contribution in [0.5, 0.6) is 0 Å².